The lowest BCUT2D eigenvalue weighted by atomic mass is 10.0. The zero-order valence-corrected chi connectivity index (χ0v) is 10.5. The molecule has 0 aromatic carbocycles. The van der Waals surface area contributed by atoms with Gasteiger partial charge in [0.25, 0.3) is 0 Å². The van der Waals surface area contributed by atoms with E-state index in [9.17, 15) is 0 Å². The molecule has 2 fully saturated rings. The van der Waals surface area contributed by atoms with Gasteiger partial charge in [-0.3, -0.25) is 4.79 Å². The molecule has 0 unspecified atom stereocenters. The standard InChI is InChI=1S/C10H20N2.CH2ClNO/c1-2-8-12(9-3-1)10-4-6-11-7-5-10;2-1(3)4/h10-11H,1-9H2;(H2,3,4). The molecule has 0 aromatic heterocycles. The predicted octanol–water partition coefficient (Wildman–Crippen LogP) is 1.53. The van der Waals surface area contributed by atoms with E-state index in [0.717, 1.165) is 6.04 Å². The average molecular weight is 248 g/mol. The quantitative estimate of drug-likeness (QED) is 0.546. The SMILES string of the molecule is C1CCN(C2CCNCC2)CC1.NC(=O)Cl. The highest BCUT2D eigenvalue weighted by Crippen LogP contribution is 2.17. The van der Waals surface area contributed by atoms with Crippen LogP contribution in [0.15, 0.2) is 0 Å². The molecular formula is C11H22ClN3O. The first-order chi connectivity index (χ1) is 7.70. The highest BCUT2D eigenvalue weighted by atomic mass is 35.5. The molecule has 1 amide bonds. The van der Waals surface area contributed by atoms with Crippen molar-refractivity contribution >= 4 is 17.0 Å². The fourth-order valence-electron chi connectivity index (χ4n) is 2.46. The molecule has 2 rings (SSSR count). The summed E-state index contributed by atoms with van der Waals surface area (Å²) in [5.41, 5.74) is 4.24. The van der Waals surface area contributed by atoms with Crippen LogP contribution in [0.1, 0.15) is 32.1 Å². The maximum atomic E-state index is 8.99. The molecule has 0 atom stereocenters. The molecule has 4 nitrogen and oxygen atoms in total. The first kappa shape index (κ1) is 13.7. The molecule has 0 spiro atoms. The lowest BCUT2D eigenvalue weighted by molar-refractivity contribution is 0.136. The van der Waals surface area contributed by atoms with Gasteiger partial charge in [0.05, 0.1) is 0 Å². The smallest absolute Gasteiger partial charge is 0.311 e. The third kappa shape index (κ3) is 5.68. The summed E-state index contributed by atoms with van der Waals surface area (Å²) >= 11 is 4.41. The summed E-state index contributed by atoms with van der Waals surface area (Å²) in [6.07, 6.45) is 7.08. The second-order valence-electron chi connectivity index (χ2n) is 4.38. The van der Waals surface area contributed by atoms with E-state index in [1.54, 1.807) is 0 Å². The summed E-state index contributed by atoms with van der Waals surface area (Å²) in [6, 6.07) is 0.909. The molecular weight excluding hydrogens is 226 g/mol. The first-order valence-corrected chi connectivity index (χ1v) is 6.47. The normalized spacial score (nSPS) is 23.3. The zero-order valence-electron chi connectivity index (χ0n) is 9.75. The van der Waals surface area contributed by atoms with Gasteiger partial charge in [-0.2, -0.15) is 0 Å². The van der Waals surface area contributed by atoms with Crippen LogP contribution in [0.2, 0.25) is 0 Å². The molecule has 94 valence electrons. The van der Waals surface area contributed by atoms with Crippen molar-refractivity contribution in [2.75, 3.05) is 26.2 Å². The number of hydrogen-bond acceptors (Lipinski definition) is 3. The summed E-state index contributed by atoms with van der Waals surface area (Å²) in [5, 5.41) is 2.57. The largest absolute Gasteiger partial charge is 0.356 e. The maximum absolute atomic E-state index is 8.99. The van der Waals surface area contributed by atoms with Gasteiger partial charge in [0.15, 0.2) is 0 Å². The van der Waals surface area contributed by atoms with Crippen LogP contribution in [0.3, 0.4) is 0 Å². The average Bonchev–Trinajstić information content (AvgIpc) is 2.31. The van der Waals surface area contributed by atoms with E-state index in [-0.39, 0.29) is 0 Å². The Labute approximate surface area is 102 Å². The molecule has 2 aliphatic rings. The van der Waals surface area contributed by atoms with Crippen molar-refractivity contribution in [3.63, 3.8) is 0 Å². The maximum Gasteiger partial charge on any atom is 0.311 e. The van der Waals surface area contributed by atoms with Crippen molar-refractivity contribution in [1.29, 1.82) is 0 Å². The number of piperidine rings is 2. The molecule has 0 aliphatic carbocycles. The molecule has 3 N–H and O–H groups in total. The fourth-order valence-corrected chi connectivity index (χ4v) is 2.46. The van der Waals surface area contributed by atoms with Crippen LogP contribution in [0.25, 0.3) is 0 Å². The highest BCUT2D eigenvalue weighted by molar-refractivity contribution is 6.62. The van der Waals surface area contributed by atoms with E-state index in [2.05, 4.69) is 27.6 Å². The van der Waals surface area contributed by atoms with E-state index in [0.29, 0.717) is 0 Å². The summed E-state index contributed by atoms with van der Waals surface area (Å²) < 4.78 is 0. The van der Waals surface area contributed by atoms with Crippen molar-refractivity contribution in [2.24, 2.45) is 5.73 Å². The van der Waals surface area contributed by atoms with E-state index in [1.165, 1.54) is 58.3 Å². The van der Waals surface area contributed by atoms with Crippen LogP contribution in [0.4, 0.5) is 4.79 Å². The van der Waals surface area contributed by atoms with Gasteiger partial charge < -0.3 is 16.0 Å². The van der Waals surface area contributed by atoms with E-state index < -0.39 is 5.37 Å². The number of nitrogens with zero attached hydrogens (tertiary/aromatic N) is 1. The van der Waals surface area contributed by atoms with Crippen LogP contribution < -0.4 is 11.1 Å². The molecule has 0 aromatic rings. The molecule has 0 bridgehead atoms. The van der Waals surface area contributed by atoms with Gasteiger partial charge in [0.2, 0.25) is 0 Å². The van der Waals surface area contributed by atoms with Gasteiger partial charge in [-0.25, -0.2) is 0 Å². The van der Waals surface area contributed by atoms with Gasteiger partial charge in [0, 0.05) is 6.04 Å². The van der Waals surface area contributed by atoms with Gasteiger partial charge in [-0.15, -0.1) is 0 Å². The van der Waals surface area contributed by atoms with Crippen molar-refractivity contribution in [1.82, 2.24) is 10.2 Å². The number of rotatable bonds is 1. The van der Waals surface area contributed by atoms with Crippen molar-refractivity contribution < 1.29 is 4.79 Å². The number of nitrogens with one attached hydrogen (secondary N) is 1. The molecule has 2 saturated heterocycles. The fraction of sp³-hybridized carbons (Fsp3) is 0.909. The first-order valence-electron chi connectivity index (χ1n) is 6.10. The monoisotopic (exact) mass is 247 g/mol. The minimum atomic E-state index is -0.861. The molecule has 0 saturated carbocycles. The predicted molar refractivity (Wildman–Crippen MR) is 66.8 cm³/mol. The van der Waals surface area contributed by atoms with Crippen LogP contribution >= 0.6 is 11.6 Å². The third-order valence-corrected chi connectivity index (χ3v) is 3.22. The topological polar surface area (TPSA) is 58.4 Å². The summed E-state index contributed by atoms with van der Waals surface area (Å²) in [7, 11) is 0. The Kier molecular flexibility index (Phi) is 6.76. The minimum Gasteiger partial charge on any atom is -0.356 e. The molecule has 5 heteroatoms. The van der Waals surface area contributed by atoms with Crippen molar-refractivity contribution in [2.45, 2.75) is 38.1 Å². The second-order valence-corrected chi connectivity index (χ2v) is 4.75. The Balaban J connectivity index is 0.000000280. The highest BCUT2D eigenvalue weighted by Gasteiger charge is 2.21. The number of carbonyl (C=O) groups excluding carboxylic acids is 1. The lowest BCUT2D eigenvalue weighted by Gasteiger charge is -2.36. The lowest BCUT2D eigenvalue weighted by Crippen LogP contribution is -2.45. The van der Waals surface area contributed by atoms with Crippen LogP contribution in [-0.4, -0.2) is 42.5 Å². The number of hydrogen-bond donors (Lipinski definition) is 2. The van der Waals surface area contributed by atoms with Crippen LogP contribution in [-0.2, 0) is 0 Å². The van der Waals surface area contributed by atoms with Gasteiger partial charge in [-0.1, -0.05) is 6.42 Å². The second kappa shape index (κ2) is 7.87. The Bertz CT molecular complexity index is 181. The van der Waals surface area contributed by atoms with Gasteiger partial charge in [-0.05, 0) is 63.5 Å². The number of nitrogens with two attached hydrogens (primary N) is 1. The minimum absolute atomic E-state index is 0.861. The van der Waals surface area contributed by atoms with Crippen molar-refractivity contribution in [3.05, 3.63) is 0 Å². The third-order valence-electron chi connectivity index (χ3n) is 3.22. The number of halogens is 1. The number of likely N-dealkylation sites (tertiary alicyclic amines) is 1. The number of amides is 1. The molecule has 2 aliphatic heterocycles. The molecule has 16 heavy (non-hydrogen) atoms. The summed E-state index contributed by atoms with van der Waals surface area (Å²) in [5.74, 6) is 0. The van der Waals surface area contributed by atoms with Gasteiger partial charge >= 0.3 is 5.37 Å². The van der Waals surface area contributed by atoms with Gasteiger partial charge in [0.1, 0.15) is 0 Å². The Morgan fingerprint density at radius 2 is 1.69 bits per heavy atom. The summed E-state index contributed by atoms with van der Waals surface area (Å²) in [4.78, 5) is 11.7. The number of carbonyl (C=O) groups is 1. The molecule has 0 radical (unpaired) electrons. The zero-order chi connectivity index (χ0) is 11.8. The Hall–Kier alpha value is -0.320. The van der Waals surface area contributed by atoms with E-state index >= 15 is 0 Å². The van der Waals surface area contributed by atoms with Crippen molar-refractivity contribution in [3.8, 4) is 0 Å². The summed E-state index contributed by atoms with van der Waals surface area (Å²) in [6.45, 7) is 5.21. The van der Waals surface area contributed by atoms with E-state index in [1.807, 2.05) is 0 Å². The van der Waals surface area contributed by atoms with E-state index in [4.69, 9.17) is 4.79 Å². The Morgan fingerprint density at radius 1 is 1.19 bits per heavy atom. The number of primary amides is 1. The Morgan fingerprint density at radius 3 is 2.19 bits per heavy atom. The van der Waals surface area contributed by atoms with Crippen LogP contribution in [0.5, 0.6) is 0 Å². The molecule has 2 heterocycles. The van der Waals surface area contributed by atoms with Crippen LogP contribution in [0, 0.1) is 0 Å².